The van der Waals surface area contributed by atoms with E-state index in [4.69, 9.17) is 40.6 Å². The molecule has 104 valence electrons. The molecule has 8 heteroatoms. The number of nitrogens with one attached hydrogen (secondary N) is 2. The number of rotatable bonds is 3. The van der Waals surface area contributed by atoms with Gasteiger partial charge in [-0.15, -0.1) is 0 Å². The molecule has 0 aliphatic carbocycles. The van der Waals surface area contributed by atoms with E-state index in [-0.39, 0.29) is 15.7 Å². The summed E-state index contributed by atoms with van der Waals surface area (Å²) >= 11 is 17.8. The lowest BCUT2D eigenvalue weighted by molar-refractivity contribution is 0.102. The van der Waals surface area contributed by atoms with Crippen LogP contribution in [0.1, 0.15) is 10.4 Å². The number of hydrogen-bond acceptors (Lipinski definition) is 4. The Labute approximate surface area is 130 Å². The minimum Gasteiger partial charge on any atom is -0.322 e. The summed E-state index contributed by atoms with van der Waals surface area (Å²) in [5.41, 5.74) is 3.36. The Bertz CT molecular complexity index is 640. The van der Waals surface area contributed by atoms with Crippen LogP contribution in [0.2, 0.25) is 15.1 Å². The number of pyridine rings is 1. The molecule has 4 N–H and O–H groups in total. The molecule has 0 spiro atoms. The fraction of sp³-hybridized carbons (Fsp3) is 0. The molecule has 2 rings (SSSR count). The molecule has 1 aromatic heterocycles. The molecule has 0 saturated carbocycles. The normalized spacial score (nSPS) is 10.2. The lowest BCUT2D eigenvalue weighted by Gasteiger charge is -2.11. The van der Waals surface area contributed by atoms with Crippen LogP contribution in [0.25, 0.3) is 0 Å². The predicted octanol–water partition coefficient (Wildman–Crippen LogP) is 3.58. The highest BCUT2D eigenvalue weighted by molar-refractivity contribution is 6.42. The van der Waals surface area contributed by atoms with Crippen molar-refractivity contribution in [2.75, 3.05) is 10.7 Å². The van der Waals surface area contributed by atoms with Crippen LogP contribution in [0.3, 0.4) is 0 Å². The van der Waals surface area contributed by atoms with Gasteiger partial charge in [-0.05, 0) is 18.2 Å². The van der Waals surface area contributed by atoms with Crippen LogP contribution in [-0.4, -0.2) is 10.9 Å². The van der Waals surface area contributed by atoms with E-state index < -0.39 is 5.91 Å². The molecule has 0 bridgehead atoms. The number of anilines is 2. The van der Waals surface area contributed by atoms with Gasteiger partial charge < -0.3 is 10.7 Å². The largest absolute Gasteiger partial charge is 0.322 e. The van der Waals surface area contributed by atoms with E-state index in [2.05, 4.69) is 15.7 Å². The van der Waals surface area contributed by atoms with E-state index >= 15 is 0 Å². The molecule has 0 aliphatic heterocycles. The first kappa shape index (κ1) is 14.9. The number of amides is 1. The number of hydrogen-bond donors (Lipinski definition) is 3. The molecule has 20 heavy (non-hydrogen) atoms. The van der Waals surface area contributed by atoms with Gasteiger partial charge in [-0.3, -0.25) is 15.6 Å². The molecule has 1 aromatic carbocycles. The minimum absolute atomic E-state index is 0.243. The first-order valence-electron chi connectivity index (χ1n) is 5.39. The van der Waals surface area contributed by atoms with E-state index in [1.54, 1.807) is 0 Å². The van der Waals surface area contributed by atoms with Gasteiger partial charge in [0.05, 0.1) is 33.2 Å². The van der Waals surface area contributed by atoms with Crippen molar-refractivity contribution in [2.24, 2.45) is 5.84 Å². The SMILES string of the molecule is NNc1cnccc1C(=O)Nc1c(Cl)cc(Cl)cc1Cl. The number of halogens is 3. The Hall–Kier alpha value is -1.53. The molecule has 0 fully saturated rings. The van der Waals surface area contributed by atoms with Crippen LogP contribution in [0.4, 0.5) is 11.4 Å². The lowest BCUT2D eigenvalue weighted by Crippen LogP contribution is -2.17. The fourth-order valence-electron chi connectivity index (χ4n) is 1.55. The Balaban J connectivity index is 2.33. The van der Waals surface area contributed by atoms with Crippen molar-refractivity contribution in [3.05, 3.63) is 51.2 Å². The molecule has 0 saturated heterocycles. The van der Waals surface area contributed by atoms with Crippen LogP contribution in [0, 0.1) is 0 Å². The number of nitrogens with zero attached hydrogens (tertiary/aromatic N) is 1. The van der Waals surface area contributed by atoms with E-state index in [0.717, 1.165) is 0 Å². The molecular formula is C12H9Cl3N4O. The zero-order valence-corrected chi connectivity index (χ0v) is 12.2. The van der Waals surface area contributed by atoms with Crippen molar-refractivity contribution in [1.29, 1.82) is 0 Å². The van der Waals surface area contributed by atoms with Crippen molar-refractivity contribution in [1.82, 2.24) is 4.98 Å². The highest BCUT2D eigenvalue weighted by Gasteiger charge is 2.15. The summed E-state index contributed by atoms with van der Waals surface area (Å²) in [5.74, 6) is 4.90. The number of benzene rings is 1. The summed E-state index contributed by atoms with van der Waals surface area (Å²) in [4.78, 5) is 16.1. The Morgan fingerprint density at radius 2 is 1.85 bits per heavy atom. The molecule has 5 nitrogen and oxygen atoms in total. The Kier molecular flexibility index (Phi) is 4.67. The Morgan fingerprint density at radius 1 is 1.20 bits per heavy atom. The van der Waals surface area contributed by atoms with Gasteiger partial charge in [0, 0.05) is 11.2 Å². The van der Waals surface area contributed by atoms with Crippen molar-refractivity contribution < 1.29 is 4.79 Å². The standard InChI is InChI=1S/C12H9Cl3N4O/c13-6-3-8(14)11(9(15)4-6)18-12(20)7-1-2-17-5-10(7)19-16/h1-5,19H,16H2,(H,18,20). The highest BCUT2D eigenvalue weighted by Crippen LogP contribution is 2.34. The molecular weight excluding hydrogens is 323 g/mol. The van der Waals surface area contributed by atoms with Crippen molar-refractivity contribution in [3.63, 3.8) is 0 Å². The van der Waals surface area contributed by atoms with Crippen LogP contribution >= 0.6 is 34.8 Å². The molecule has 1 heterocycles. The maximum absolute atomic E-state index is 12.2. The molecule has 0 radical (unpaired) electrons. The third-order valence-corrected chi connectivity index (χ3v) is 3.28. The highest BCUT2D eigenvalue weighted by atomic mass is 35.5. The monoisotopic (exact) mass is 330 g/mol. The summed E-state index contributed by atoms with van der Waals surface area (Å²) in [6.45, 7) is 0. The summed E-state index contributed by atoms with van der Waals surface area (Å²) in [6.07, 6.45) is 2.90. The quantitative estimate of drug-likeness (QED) is 0.593. The van der Waals surface area contributed by atoms with Crippen molar-refractivity contribution in [3.8, 4) is 0 Å². The van der Waals surface area contributed by atoms with E-state index in [9.17, 15) is 4.79 Å². The van der Waals surface area contributed by atoms with E-state index in [1.807, 2.05) is 0 Å². The maximum Gasteiger partial charge on any atom is 0.258 e. The summed E-state index contributed by atoms with van der Waals surface area (Å²) < 4.78 is 0. The topological polar surface area (TPSA) is 80.0 Å². The first-order chi connectivity index (χ1) is 9.52. The second-order valence-corrected chi connectivity index (χ2v) is 5.01. The van der Waals surface area contributed by atoms with Crippen LogP contribution in [0.5, 0.6) is 0 Å². The molecule has 0 unspecified atom stereocenters. The summed E-state index contributed by atoms with van der Waals surface area (Å²) in [6, 6.07) is 4.49. The second-order valence-electron chi connectivity index (χ2n) is 3.76. The number of carbonyl (C=O) groups is 1. The fourth-order valence-corrected chi connectivity index (χ4v) is 2.46. The van der Waals surface area contributed by atoms with Crippen LogP contribution in [0.15, 0.2) is 30.6 Å². The smallest absolute Gasteiger partial charge is 0.258 e. The zero-order chi connectivity index (χ0) is 14.7. The van der Waals surface area contributed by atoms with Gasteiger partial charge in [0.25, 0.3) is 5.91 Å². The minimum atomic E-state index is -0.425. The molecule has 0 atom stereocenters. The number of hydrazine groups is 1. The van der Waals surface area contributed by atoms with Gasteiger partial charge in [-0.2, -0.15) is 0 Å². The van der Waals surface area contributed by atoms with Gasteiger partial charge in [0.2, 0.25) is 0 Å². The molecule has 2 aromatic rings. The number of aromatic nitrogens is 1. The number of nitrogen functional groups attached to an aromatic ring is 1. The summed E-state index contributed by atoms with van der Waals surface area (Å²) in [5, 5.41) is 3.48. The first-order valence-corrected chi connectivity index (χ1v) is 6.53. The maximum atomic E-state index is 12.2. The molecule has 0 aliphatic rings. The van der Waals surface area contributed by atoms with E-state index in [0.29, 0.717) is 16.3 Å². The zero-order valence-electron chi connectivity index (χ0n) is 9.95. The third kappa shape index (κ3) is 3.13. The van der Waals surface area contributed by atoms with Gasteiger partial charge in [0.1, 0.15) is 0 Å². The third-order valence-electron chi connectivity index (χ3n) is 2.47. The second kappa shape index (κ2) is 6.28. The van der Waals surface area contributed by atoms with Gasteiger partial charge >= 0.3 is 0 Å². The number of nitrogens with two attached hydrogens (primary N) is 1. The average molecular weight is 332 g/mol. The van der Waals surface area contributed by atoms with Crippen molar-refractivity contribution >= 4 is 52.1 Å². The summed E-state index contributed by atoms with van der Waals surface area (Å²) in [7, 11) is 0. The van der Waals surface area contributed by atoms with Gasteiger partial charge in [-0.1, -0.05) is 34.8 Å². The van der Waals surface area contributed by atoms with Crippen LogP contribution in [-0.2, 0) is 0 Å². The van der Waals surface area contributed by atoms with Gasteiger partial charge in [-0.25, -0.2) is 0 Å². The van der Waals surface area contributed by atoms with Crippen molar-refractivity contribution in [2.45, 2.75) is 0 Å². The van der Waals surface area contributed by atoms with E-state index in [1.165, 1.54) is 30.6 Å². The Morgan fingerprint density at radius 3 is 2.45 bits per heavy atom. The molecule has 1 amide bonds. The number of carbonyl (C=O) groups excluding carboxylic acids is 1. The average Bonchev–Trinajstić information content (AvgIpc) is 2.42. The van der Waals surface area contributed by atoms with Gasteiger partial charge in [0.15, 0.2) is 0 Å². The predicted molar refractivity (Wildman–Crippen MR) is 81.5 cm³/mol. The van der Waals surface area contributed by atoms with Crippen LogP contribution < -0.4 is 16.6 Å². The lowest BCUT2D eigenvalue weighted by atomic mass is 10.2.